The molecule has 1 fully saturated rings. The van der Waals surface area contributed by atoms with Crippen LogP contribution in [0.4, 0.5) is 10.1 Å². The van der Waals surface area contributed by atoms with Gasteiger partial charge in [-0.05, 0) is 76.8 Å². The van der Waals surface area contributed by atoms with E-state index in [1.807, 2.05) is 101 Å². The van der Waals surface area contributed by atoms with Gasteiger partial charge in [0.15, 0.2) is 5.79 Å². The number of para-hydroxylation sites is 1. The fraction of sp³-hybridized carbons (Fsp3) is 0.436. The number of nitrogens with one attached hydrogen (secondary N) is 1. The molecule has 0 radical (unpaired) electrons. The van der Waals surface area contributed by atoms with Crippen molar-refractivity contribution in [1.82, 2.24) is 4.57 Å². The molecule has 1 saturated heterocycles. The maximum atomic E-state index is 14.4. The Kier molecular flexibility index (Phi) is 10.2. The van der Waals surface area contributed by atoms with E-state index < -0.39 is 17.5 Å². The van der Waals surface area contributed by atoms with Gasteiger partial charge in [0, 0.05) is 41.5 Å². The second kappa shape index (κ2) is 14.0. The third-order valence-electron chi connectivity index (χ3n) is 8.25. The van der Waals surface area contributed by atoms with Crippen LogP contribution in [0.15, 0.2) is 84.7 Å². The number of nitrogens with zero attached hydrogens (tertiary/aromatic N) is 1. The number of ether oxygens (including phenoxy) is 3. The zero-order valence-electron chi connectivity index (χ0n) is 28.5. The quantitative estimate of drug-likeness (QED) is 0.236. The van der Waals surface area contributed by atoms with Gasteiger partial charge >= 0.3 is 5.97 Å². The Morgan fingerprint density at radius 1 is 1.02 bits per heavy atom. The molecule has 1 N–H and O–H groups in total. The standard InChI is InChI=1S/C39H47FN2O5/c1-25(2)35-34(37(44)41-29-16-12-9-13-17-29)33(26-14-10-8-11-15-26)36(27-18-20-28(40)21-19-27)42(35)24-31-22-30(45-39(6,7)46-31)23-32(43)47-38(3,4)5/h8-18,20-21,25,27,30-31H,19,22-24H2,1-7H3,(H,41,44). The normalized spacial score (nSPS) is 21.0. The molecule has 0 saturated carbocycles. The summed E-state index contributed by atoms with van der Waals surface area (Å²) >= 11 is 0. The number of anilines is 1. The van der Waals surface area contributed by atoms with Gasteiger partial charge in [-0.25, -0.2) is 4.39 Å². The summed E-state index contributed by atoms with van der Waals surface area (Å²) in [6.07, 6.45) is 5.24. The minimum absolute atomic E-state index is 0.0482. The molecule has 7 nitrogen and oxygen atoms in total. The molecule has 2 heterocycles. The average molecular weight is 643 g/mol. The van der Waals surface area contributed by atoms with Gasteiger partial charge in [-0.2, -0.15) is 0 Å². The van der Waals surface area contributed by atoms with E-state index in [4.69, 9.17) is 14.2 Å². The molecule has 1 aromatic heterocycles. The molecular weight excluding hydrogens is 595 g/mol. The number of carbonyl (C=O) groups excluding carboxylic acids is 2. The maximum Gasteiger partial charge on any atom is 0.308 e. The topological polar surface area (TPSA) is 78.8 Å². The highest BCUT2D eigenvalue weighted by Crippen LogP contribution is 2.44. The molecule has 3 aromatic rings. The van der Waals surface area contributed by atoms with Crippen LogP contribution in [0.25, 0.3) is 11.1 Å². The molecule has 1 aliphatic heterocycles. The van der Waals surface area contributed by atoms with Crippen LogP contribution in [0.2, 0.25) is 0 Å². The number of rotatable bonds is 9. The highest BCUT2D eigenvalue weighted by atomic mass is 19.1. The van der Waals surface area contributed by atoms with Crippen LogP contribution >= 0.6 is 0 Å². The Balaban J connectivity index is 1.64. The first kappa shape index (κ1) is 34.3. The molecule has 8 heteroatoms. The molecule has 3 atom stereocenters. The molecule has 2 aromatic carbocycles. The molecule has 1 aliphatic carbocycles. The summed E-state index contributed by atoms with van der Waals surface area (Å²) in [5.74, 6) is -2.00. The first-order chi connectivity index (χ1) is 22.2. The van der Waals surface area contributed by atoms with Gasteiger partial charge in [-0.3, -0.25) is 9.59 Å². The fourth-order valence-corrected chi connectivity index (χ4v) is 6.71. The summed E-state index contributed by atoms with van der Waals surface area (Å²) < 4.78 is 34.9. The van der Waals surface area contributed by atoms with Crippen LogP contribution in [-0.2, 0) is 25.5 Å². The minimum Gasteiger partial charge on any atom is -0.460 e. The van der Waals surface area contributed by atoms with E-state index >= 15 is 0 Å². The number of esters is 1. The Morgan fingerprint density at radius 3 is 2.26 bits per heavy atom. The number of hydrogen-bond donors (Lipinski definition) is 1. The van der Waals surface area contributed by atoms with Crippen LogP contribution in [0, 0.1) is 0 Å². The van der Waals surface area contributed by atoms with Gasteiger partial charge in [-0.15, -0.1) is 0 Å². The molecule has 3 unspecified atom stereocenters. The lowest BCUT2D eigenvalue weighted by Gasteiger charge is -2.41. The monoisotopic (exact) mass is 642 g/mol. The predicted octanol–water partition coefficient (Wildman–Crippen LogP) is 9.07. The molecule has 0 spiro atoms. The molecule has 1 amide bonds. The van der Waals surface area contributed by atoms with E-state index in [2.05, 4.69) is 23.7 Å². The van der Waals surface area contributed by atoms with Crippen molar-refractivity contribution in [2.75, 3.05) is 5.32 Å². The number of aromatic nitrogens is 1. The highest BCUT2D eigenvalue weighted by Gasteiger charge is 2.40. The van der Waals surface area contributed by atoms with Crippen LogP contribution < -0.4 is 5.32 Å². The zero-order chi connectivity index (χ0) is 33.9. The van der Waals surface area contributed by atoms with Gasteiger partial charge in [-0.1, -0.05) is 68.5 Å². The lowest BCUT2D eigenvalue weighted by atomic mass is 9.89. The van der Waals surface area contributed by atoms with E-state index in [-0.39, 0.29) is 42.1 Å². The Morgan fingerprint density at radius 2 is 1.66 bits per heavy atom. The Labute approximate surface area is 277 Å². The molecule has 2 aliphatic rings. The first-order valence-corrected chi connectivity index (χ1v) is 16.5. The van der Waals surface area contributed by atoms with Crippen molar-refractivity contribution in [3.63, 3.8) is 0 Å². The van der Waals surface area contributed by atoms with Crippen molar-refractivity contribution in [3.05, 3.63) is 102 Å². The molecule has 250 valence electrons. The largest absolute Gasteiger partial charge is 0.460 e. The summed E-state index contributed by atoms with van der Waals surface area (Å²) in [6.45, 7) is 13.8. The van der Waals surface area contributed by atoms with Crippen LogP contribution in [0.1, 0.15) is 101 Å². The Hall–Kier alpha value is -4.01. The van der Waals surface area contributed by atoms with Gasteiger partial charge in [0.1, 0.15) is 11.4 Å². The molecule has 47 heavy (non-hydrogen) atoms. The number of allylic oxidation sites excluding steroid dienone is 4. The van der Waals surface area contributed by atoms with Crippen molar-refractivity contribution >= 4 is 17.6 Å². The van der Waals surface area contributed by atoms with Gasteiger partial charge in [0.25, 0.3) is 5.91 Å². The van der Waals surface area contributed by atoms with E-state index in [1.54, 1.807) is 6.08 Å². The van der Waals surface area contributed by atoms with Crippen LogP contribution in [0.5, 0.6) is 0 Å². The predicted molar refractivity (Wildman–Crippen MR) is 183 cm³/mol. The summed E-state index contributed by atoms with van der Waals surface area (Å²) in [7, 11) is 0. The first-order valence-electron chi connectivity index (χ1n) is 16.5. The zero-order valence-corrected chi connectivity index (χ0v) is 28.5. The third kappa shape index (κ3) is 8.48. The van der Waals surface area contributed by atoms with Crippen molar-refractivity contribution in [3.8, 4) is 11.1 Å². The van der Waals surface area contributed by atoms with Gasteiger partial charge in [0.2, 0.25) is 0 Å². The van der Waals surface area contributed by atoms with E-state index in [0.717, 1.165) is 22.5 Å². The molecule has 0 bridgehead atoms. The number of benzene rings is 2. The fourth-order valence-electron chi connectivity index (χ4n) is 6.71. The molecule has 5 rings (SSSR count). The van der Waals surface area contributed by atoms with E-state index in [0.29, 0.717) is 30.6 Å². The van der Waals surface area contributed by atoms with Crippen LogP contribution in [-0.4, -0.2) is 40.0 Å². The van der Waals surface area contributed by atoms with Crippen molar-refractivity contribution < 1.29 is 28.2 Å². The number of amides is 1. The number of carbonyl (C=O) groups is 2. The SMILES string of the molecule is CC(C)c1c(C(=O)Nc2ccccc2)c(-c2ccccc2)c(C2C=CC(F)=CC2)n1CC1CC(CC(=O)OC(C)(C)C)OC(C)(C)O1. The lowest BCUT2D eigenvalue weighted by Crippen LogP contribution is -2.47. The van der Waals surface area contributed by atoms with Crippen molar-refractivity contribution in [2.24, 2.45) is 0 Å². The van der Waals surface area contributed by atoms with E-state index in [1.165, 1.54) is 6.08 Å². The number of hydrogen-bond acceptors (Lipinski definition) is 5. The van der Waals surface area contributed by atoms with Crippen molar-refractivity contribution in [1.29, 1.82) is 0 Å². The maximum absolute atomic E-state index is 14.4. The highest BCUT2D eigenvalue weighted by molar-refractivity contribution is 6.10. The number of halogens is 1. The van der Waals surface area contributed by atoms with E-state index in [9.17, 15) is 14.0 Å². The lowest BCUT2D eigenvalue weighted by molar-refractivity contribution is -0.301. The molecular formula is C39H47FN2O5. The average Bonchev–Trinajstić information content (AvgIpc) is 3.31. The van der Waals surface area contributed by atoms with Crippen molar-refractivity contribution in [2.45, 2.75) is 110 Å². The van der Waals surface area contributed by atoms with Gasteiger partial charge in [0.05, 0.1) is 24.2 Å². The Bertz CT molecular complexity index is 1630. The minimum atomic E-state index is -0.951. The summed E-state index contributed by atoms with van der Waals surface area (Å²) in [6, 6.07) is 19.3. The summed E-state index contributed by atoms with van der Waals surface area (Å²) in [5.41, 5.74) is 4.20. The third-order valence-corrected chi connectivity index (χ3v) is 8.25. The summed E-state index contributed by atoms with van der Waals surface area (Å²) in [5, 5.41) is 3.13. The van der Waals surface area contributed by atoms with Gasteiger partial charge < -0.3 is 24.1 Å². The second-order valence-electron chi connectivity index (χ2n) is 14.2. The summed E-state index contributed by atoms with van der Waals surface area (Å²) in [4.78, 5) is 27.2. The van der Waals surface area contributed by atoms with Crippen LogP contribution in [0.3, 0.4) is 0 Å². The second-order valence-corrected chi connectivity index (χ2v) is 14.2. The smallest absolute Gasteiger partial charge is 0.308 e.